The summed E-state index contributed by atoms with van der Waals surface area (Å²) in [6.45, 7) is 3.99. The topological polar surface area (TPSA) is 34.1 Å². The Bertz CT molecular complexity index is 289. The SMILES string of the molecule is CC1CC(OCc2ccncc2)CCN1. The van der Waals surface area contributed by atoms with Crippen LogP contribution in [0.25, 0.3) is 0 Å². The van der Waals surface area contributed by atoms with Crippen LogP contribution in [0, 0.1) is 0 Å². The molecule has 1 aromatic heterocycles. The summed E-state index contributed by atoms with van der Waals surface area (Å²) in [5.41, 5.74) is 1.20. The van der Waals surface area contributed by atoms with Crippen LogP contribution < -0.4 is 5.32 Å². The van der Waals surface area contributed by atoms with Gasteiger partial charge in [0.05, 0.1) is 12.7 Å². The van der Waals surface area contributed by atoms with Gasteiger partial charge < -0.3 is 10.1 Å². The third-order valence-corrected chi connectivity index (χ3v) is 2.81. The maximum Gasteiger partial charge on any atom is 0.0721 e. The third-order valence-electron chi connectivity index (χ3n) is 2.81. The van der Waals surface area contributed by atoms with E-state index in [1.807, 2.05) is 24.5 Å². The molecule has 2 atom stereocenters. The van der Waals surface area contributed by atoms with Crippen molar-refractivity contribution in [2.45, 2.75) is 38.5 Å². The van der Waals surface area contributed by atoms with Gasteiger partial charge in [0, 0.05) is 18.4 Å². The van der Waals surface area contributed by atoms with Gasteiger partial charge in [-0.3, -0.25) is 4.98 Å². The summed E-state index contributed by atoms with van der Waals surface area (Å²) < 4.78 is 5.87. The first-order valence-electron chi connectivity index (χ1n) is 5.58. The summed E-state index contributed by atoms with van der Waals surface area (Å²) in [7, 11) is 0. The smallest absolute Gasteiger partial charge is 0.0721 e. The third kappa shape index (κ3) is 3.29. The first kappa shape index (κ1) is 10.6. The highest BCUT2D eigenvalue weighted by molar-refractivity contribution is 5.08. The highest BCUT2D eigenvalue weighted by atomic mass is 16.5. The van der Waals surface area contributed by atoms with E-state index in [2.05, 4.69) is 17.2 Å². The first-order chi connectivity index (χ1) is 7.34. The maximum absolute atomic E-state index is 5.87. The molecule has 1 N–H and O–H groups in total. The van der Waals surface area contributed by atoms with Gasteiger partial charge in [0.15, 0.2) is 0 Å². The van der Waals surface area contributed by atoms with E-state index in [-0.39, 0.29) is 0 Å². The van der Waals surface area contributed by atoms with E-state index < -0.39 is 0 Å². The Morgan fingerprint density at radius 1 is 1.47 bits per heavy atom. The van der Waals surface area contributed by atoms with Gasteiger partial charge in [0.1, 0.15) is 0 Å². The molecule has 3 nitrogen and oxygen atoms in total. The molecular weight excluding hydrogens is 188 g/mol. The van der Waals surface area contributed by atoms with Gasteiger partial charge in [-0.05, 0) is 44.0 Å². The Balaban J connectivity index is 1.78. The van der Waals surface area contributed by atoms with Crippen molar-refractivity contribution >= 4 is 0 Å². The zero-order chi connectivity index (χ0) is 10.5. The number of piperidine rings is 1. The number of aromatic nitrogens is 1. The van der Waals surface area contributed by atoms with Gasteiger partial charge in [0.25, 0.3) is 0 Å². The fourth-order valence-electron chi connectivity index (χ4n) is 1.93. The highest BCUT2D eigenvalue weighted by Crippen LogP contribution is 2.14. The second-order valence-electron chi connectivity index (χ2n) is 4.17. The van der Waals surface area contributed by atoms with Crippen molar-refractivity contribution in [3.63, 3.8) is 0 Å². The monoisotopic (exact) mass is 206 g/mol. The molecule has 3 heteroatoms. The van der Waals surface area contributed by atoms with E-state index in [0.29, 0.717) is 18.8 Å². The van der Waals surface area contributed by atoms with Crippen LogP contribution >= 0.6 is 0 Å². The van der Waals surface area contributed by atoms with Gasteiger partial charge in [-0.1, -0.05) is 0 Å². The minimum Gasteiger partial charge on any atom is -0.373 e. The highest BCUT2D eigenvalue weighted by Gasteiger charge is 2.18. The van der Waals surface area contributed by atoms with Crippen LogP contribution in [0.5, 0.6) is 0 Å². The Labute approximate surface area is 90.9 Å². The molecule has 0 saturated carbocycles. The van der Waals surface area contributed by atoms with E-state index in [4.69, 9.17) is 4.74 Å². The molecule has 2 unspecified atom stereocenters. The van der Waals surface area contributed by atoms with Gasteiger partial charge >= 0.3 is 0 Å². The minimum atomic E-state index is 0.411. The predicted molar refractivity (Wildman–Crippen MR) is 59.5 cm³/mol. The zero-order valence-electron chi connectivity index (χ0n) is 9.15. The van der Waals surface area contributed by atoms with Crippen molar-refractivity contribution in [1.29, 1.82) is 0 Å². The molecule has 1 saturated heterocycles. The van der Waals surface area contributed by atoms with E-state index in [9.17, 15) is 0 Å². The van der Waals surface area contributed by atoms with Crippen LogP contribution in [0.1, 0.15) is 25.3 Å². The van der Waals surface area contributed by atoms with Crippen LogP contribution in [-0.4, -0.2) is 23.7 Å². The van der Waals surface area contributed by atoms with Crippen LogP contribution in [0.3, 0.4) is 0 Å². The van der Waals surface area contributed by atoms with E-state index in [1.54, 1.807) is 0 Å². The Hall–Kier alpha value is -0.930. The average Bonchev–Trinajstić information content (AvgIpc) is 2.28. The molecule has 1 aliphatic rings. The molecule has 2 rings (SSSR count). The van der Waals surface area contributed by atoms with Crippen molar-refractivity contribution in [3.05, 3.63) is 30.1 Å². The maximum atomic E-state index is 5.87. The second kappa shape index (κ2) is 5.24. The number of hydrogen-bond acceptors (Lipinski definition) is 3. The number of nitrogens with one attached hydrogen (secondary N) is 1. The van der Waals surface area contributed by atoms with Crippen LogP contribution in [0.4, 0.5) is 0 Å². The second-order valence-corrected chi connectivity index (χ2v) is 4.17. The molecule has 0 spiro atoms. The lowest BCUT2D eigenvalue weighted by Gasteiger charge is -2.28. The molecule has 2 heterocycles. The number of rotatable bonds is 3. The quantitative estimate of drug-likeness (QED) is 0.818. The molecule has 0 bridgehead atoms. The fourth-order valence-corrected chi connectivity index (χ4v) is 1.93. The number of nitrogens with zero attached hydrogens (tertiary/aromatic N) is 1. The van der Waals surface area contributed by atoms with Crippen molar-refractivity contribution < 1.29 is 4.74 Å². The number of pyridine rings is 1. The largest absolute Gasteiger partial charge is 0.373 e. The van der Waals surface area contributed by atoms with Crippen molar-refractivity contribution in [1.82, 2.24) is 10.3 Å². The number of ether oxygens (including phenoxy) is 1. The normalized spacial score (nSPS) is 26.5. The summed E-state index contributed by atoms with van der Waals surface area (Å²) in [6, 6.07) is 4.59. The molecule has 15 heavy (non-hydrogen) atoms. The molecule has 0 aliphatic carbocycles. The zero-order valence-corrected chi connectivity index (χ0v) is 9.15. The summed E-state index contributed by atoms with van der Waals surface area (Å²) >= 11 is 0. The lowest BCUT2D eigenvalue weighted by atomic mass is 10.0. The summed E-state index contributed by atoms with van der Waals surface area (Å²) in [5.74, 6) is 0. The molecule has 1 fully saturated rings. The van der Waals surface area contributed by atoms with Crippen molar-refractivity contribution in [3.8, 4) is 0 Å². The minimum absolute atomic E-state index is 0.411. The molecule has 0 radical (unpaired) electrons. The predicted octanol–water partition coefficient (Wildman–Crippen LogP) is 1.74. The molecule has 0 amide bonds. The molecule has 82 valence electrons. The molecular formula is C12H18N2O. The van der Waals surface area contributed by atoms with Crippen LogP contribution in [-0.2, 0) is 11.3 Å². The molecule has 1 aromatic rings. The van der Waals surface area contributed by atoms with Crippen molar-refractivity contribution in [2.75, 3.05) is 6.54 Å². The van der Waals surface area contributed by atoms with Gasteiger partial charge in [-0.2, -0.15) is 0 Å². The van der Waals surface area contributed by atoms with E-state index >= 15 is 0 Å². The van der Waals surface area contributed by atoms with Gasteiger partial charge in [-0.25, -0.2) is 0 Å². The summed E-state index contributed by atoms with van der Waals surface area (Å²) in [5, 5.41) is 3.42. The van der Waals surface area contributed by atoms with Crippen LogP contribution in [0.2, 0.25) is 0 Å². The van der Waals surface area contributed by atoms with E-state index in [1.165, 1.54) is 5.56 Å². The van der Waals surface area contributed by atoms with Gasteiger partial charge in [0.2, 0.25) is 0 Å². The molecule has 1 aliphatic heterocycles. The van der Waals surface area contributed by atoms with Crippen molar-refractivity contribution in [2.24, 2.45) is 0 Å². The van der Waals surface area contributed by atoms with E-state index in [0.717, 1.165) is 19.4 Å². The lowest BCUT2D eigenvalue weighted by molar-refractivity contribution is 0.0126. The fraction of sp³-hybridized carbons (Fsp3) is 0.583. The molecule has 0 aromatic carbocycles. The standard InChI is InChI=1S/C12H18N2O/c1-10-8-12(4-7-14-10)15-9-11-2-5-13-6-3-11/h2-3,5-6,10,12,14H,4,7-9H2,1H3. The Morgan fingerprint density at radius 3 is 3.00 bits per heavy atom. The Morgan fingerprint density at radius 2 is 2.27 bits per heavy atom. The summed E-state index contributed by atoms with van der Waals surface area (Å²) in [4.78, 5) is 3.99. The lowest BCUT2D eigenvalue weighted by Crippen LogP contribution is -2.39. The van der Waals surface area contributed by atoms with Crippen LogP contribution in [0.15, 0.2) is 24.5 Å². The average molecular weight is 206 g/mol. The number of hydrogen-bond donors (Lipinski definition) is 1. The summed E-state index contributed by atoms with van der Waals surface area (Å²) in [6.07, 6.45) is 6.27. The first-order valence-corrected chi connectivity index (χ1v) is 5.58. The van der Waals surface area contributed by atoms with Gasteiger partial charge in [-0.15, -0.1) is 0 Å². The Kier molecular flexibility index (Phi) is 3.69.